The highest BCUT2D eigenvalue weighted by molar-refractivity contribution is 6.31. The highest BCUT2D eigenvalue weighted by Crippen LogP contribution is 2.23. The van der Waals surface area contributed by atoms with Crippen molar-refractivity contribution in [3.8, 4) is 0 Å². The molecule has 112 valence electrons. The number of unbranched alkanes of at least 4 members (excludes halogenated alkanes) is 2. The summed E-state index contributed by atoms with van der Waals surface area (Å²) in [7, 11) is 0. The maximum Gasteiger partial charge on any atom is 0.253 e. The lowest BCUT2D eigenvalue weighted by atomic mass is 9.87. The number of hydrogen-bond acceptors (Lipinski definition) is 2. The molecule has 0 aromatic heterocycles. The van der Waals surface area contributed by atoms with E-state index in [4.69, 9.17) is 17.3 Å². The Bertz CT molecular complexity index is 458. The van der Waals surface area contributed by atoms with Crippen LogP contribution >= 0.6 is 11.6 Å². The first-order chi connectivity index (χ1) is 9.35. The van der Waals surface area contributed by atoms with Gasteiger partial charge in [0.1, 0.15) is 0 Å². The third kappa shape index (κ3) is 5.41. The largest absolute Gasteiger partial charge is 0.398 e. The van der Waals surface area contributed by atoms with Crippen molar-refractivity contribution in [1.29, 1.82) is 0 Å². The van der Waals surface area contributed by atoms with Gasteiger partial charge in [-0.25, -0.2) is 0 Å². The molecule has 1 aromatic carbocycles. The van der Waals surface area contributed by atoms with Crippen LogP contribution in [0.25, 0.3) is 0 Å². The van der Waals surface area contributed by atoms with Gasteiger partial charge in [0.05, 0.1) is 5.56 Å². The van der Waals surface area contributed by atoms with Gasteiger partial charge in [-0.05, 0) is 30.0 Å². The van der Waals surface area contributed by atoms with Crippen LogP contribution in [0.5, 0.6) is 0 Å². The van der Waals surface area contributed by atoms with Gasteiger partial charge in [-0.1, -0.05) is 51.6 Å². The molecule has 3 nitrogen and oxygen atoms in total. The van der Waals surface area contributed by atoms with Crippen molar-refractivity contribution in [3.63, 3.8) is 0 Å². The Kier molecular flexibility index (Phi) is 6.34. The predicted octanol–water partition coefficient (Wildman–Crippen LogP) is 4.26. The number of nitrogens with two attached hydrogens (primary N) is 1. The van der Waals surface area contributed by atoms with Gasteiger partial charge >= 0.3 is 0 Å². The Labute approximate surface area is 126 Å². The molecule has 0 saturated carbocycles. The zero-order chi connectivity index (χ0) is 15.2. The Hall–Kier alpha value is -1.22. The number of halogens is 1. The maximum atomic E-state index is 12.1. The summed E-state index contributed by atoms with van der Waals surface area (Å²) in [5.41, 5.74) is 6.80. The van der Waals surface area contributed by atoms with Crippen molar-refractivity contribution in [3.05, 3.63) is 28.8 Å². The number of nitrogen functional groups attached to an aromatic ring is 1. The lowest BCUT2D eigenvalue weighted by molar-refractivity contribution is 0.0935. The molecule has 1 aromatic rings. The van der Waals surface area contributed by atoms with Crippen LogP contribution in [0.4, 0.5) is 5.69 Å². The van der Waals surface area contributed by atoms with Crippen molar-refractivity contribution in [1.82, 2.24) is 5.32 Å². The van der Waals surface area contributed by atoms with Crippen molar-refractivity contribution < 1.29 is 4.79 Å². The summed E-state index contributed by atoms with van der Waals surface area (Å²) >= 11 is 5.90. The molecule has 1 rings (SSSR count). The smallest absolute Gasteiger partial charge is 0.253 e. The van der Waals surface area contributed by atoms with Crippen molar-refractivity contribution in [2.24, 2.45) is 5.41 Å². The lowest BCUT2D eigenvalue weighted by Gasteiger charge is -2.25. The van der Waals surface area contributed by atoms with Crippen LogP contribution in [0, 0.1) is 5.41 Å². The molecule has 1 amide bonds. The highest BCUT2D eigenvalue weighted by atomic mass is 35.5. The molecule has 0 aliphatic rings. The standard InChI is InChI=1S/C16H25ClN2O/c1-4-5-6-9-16(2,3)11-19-15(20)13-10-12(17)7-8-14(13)18/h7-8,10H,4-6,9,11,18H2,1-3H3,(H,19,20). The summed E-state index contributed by atoms with van der Waals surface area (Å²) in [6.45, 7) is 7.17. The second kappa shape index (κ2) is 7.53. The molecule has 0 fully saturated rings. The van der Waals surface area contributed by atoms with E-state index in [1.165, 1.54) is 19.3 Å². The molecule has 0 aliphatic heterocycles. The number of anilines is 1. The molecule has 0 saturated heterocycles. The van der Waals surface area contributed by atoms with Crippen LogP contribution in [0.2, 0.25) is 5.02 Å². The summed E-state index contributed by atoms with van der Waals surface area (Å²) in [5, 5.41) is 3.48. The van der Waals surface area contributed by atoms with E-state index in [2.05, 4.69) is 26.1 Å². The number of amides is 1. The third-order valence-corrected chi connectivity index (χ3v) is 3.68. The summed E-state index contributed by atoms with van der Waals surface area (Å²) in [6, 6.07) is 4.95. The minimum atomic E-state index is -0.159. The second-order valence-corrected chi connectivity index (χ2v) is 6.47. The molecule has 0 atom stereocenters. The number of nitrogens with one attached hydrogen (secondary N) is 1. The molecule has 0 spiro atoms. The minimum Gasteiger partial charge on any atom is -0.398 e. The summed E-state index contributed by atoms with van der Waals surface area (Å²) in [4.78, 5) is 12.1. The average molecular weight is 297 g/mol. The number of hydrogen-bond donors (Lipinski definition) is 2. The zero-order valence-electron chi connectivity index (χ0n) is 12.6. The van der Waals surface area contributed by atoms with Crippen LogP contribution in [0.3, 0.4) is 0 Å². The monoisotopic (exact) mass is 296 g/mol. The number of benzene rings is 1. The van der Waals surface area contributed by atoms with E-state index >= 15 is 0 Å². The predicted molar refractivity (Wildman–Crippen MR) is 86.1 cm³/mol. The van der Waals surface area contributed by atoms with Gasteiger partial charge in [-0.15, -0.1) is 0 Å². The zero-order valence-corrected chi connectivity index (χ0v) is 13.4. The highest BCUT2D eigenvalue weighted by Gasteiger charge is 2.19. The molecule has 0 unspecified atom stereocenters. The number of carbonyl (C=O) groups is 1. The SMILES string of the molecule is CCCCCC(C)(C)CNC(=O)c1cc(Cl)ccc1N. The van der Waals surface area contributed by atoms with Crippen molar-refractivity contribution in [2.45, 2.75) is 46.5 Å². The summed E-state index contributed by atoms with van der Waals surface area (Å²) in [6.07, 6.45) is 4.74. The van der Waals surface area contributed by atoms with Gasteiger partial charge in [0.15, 0.2) is 0 Å². The van der Waals surface area contributed by atoms with Crippen LogP contribution in [0.1, 0.15) is 56.8 Å². The molecule has 0 bridgehead atoms. The molecular weight excluding hydrogens is 272 g/mol. The fourth-order valence-electron chi connectivity index (χ4n) is 2.08. The summed E-state index contributed by atoms with van der Waals surface area (Å²) in [5.74, 6) is -0.159. The van der Waals surface area contributed by atoms with E-state index in [1.807, 2.05) is 0 Å². The Morgan fingerprint density at radius 3 is 2.70 bits per heavy atom. The molecular formula is C16H25ClN2O. The fourth-order valence-corrected chi connectivity index (χ4v) is 2.25. The lowest BCUT2D eigenvalue weighted by Crippen LogP contribution is -2.34. The first-order valence-corrected chi connectivity index (χ1v) is 7.57. The normalized spacial score (nSPS) is 11.4. The van der Waals surface area contributed by atoms with Crippen molar-refractivity contribution >= 4 is 23.2 Å². The topological polar surface area (TPSA) is 55.1 Å². The van der Waals surface area contributed by atoms with Gasteiger partial charge in [0.25, 0.3) is 5.91 Å². The summed E-state index contributed by atoms with van der Waals surface area (Å²) < 4.78 is 0. The molecule has 3 N–H and O–H groups in total. The van der Waals surface area contributed by atoms with Crippen LogP contribution in [-0.2, 0) is 0 Å². The van der Waals surface area contributed by atoms with Crippen molar-refractivity contribution in [2.75, 3.05) is 12.3 Å². The second-order valence-electron chi connectivity index (χ2n) is 6.04. The average Bonchev–Trinajstić information content (AvgIpc) is 2.39. The van der Waals surface area contributed by atoms with E-state index in [0.29, 0.717) is 22.8 Å². The Morgan fingerprint density at radius 2 is 2.05 bits per heavy atom. The minimum absolute atomic E-state index is 0.0954. The molecule has 0 heterocycles. The Balaban J connectivity index is 2.56. The maximum absolute atomic E-state index is 12.1. The van der Waals surface area contributed by atoms with Crippen LogP contribution in [0.15, 0.2) is 18.2 Å². The Morgan fingerprint density at radius 1 is 1.35 bits per heavy atom. The van der Waals surface area contributed by atoms with E-state index in [1.54, 1.807) is 18.2 Å². The molecule has 20 heavy (non-hydrogen) atoms. The van der Waals surface area contributed by atoms with E-state index in [-0.39, 0.29) is 11.3 Å². The third-order valence-electron chi connectivity index (χ3n) is 3.44. The van der Waals surface area contributed by atoms with E-state index in [9.17, 15) is 4.79 Å². The first kappa shape index (κ1) is 16.8. The number of carbonyl (C=O) groups excluding carboxylic acids is 1. The van der Waals surface area contributed by atoms with Gasteiger partial charge in [0.2, 0.25) is 0 Å². The van der Waals surface area contributed by atoms with Gasteiger partial charge in [-0.3, -0.25) is 4.79 Å². The van der Waals surface area contributed by atoms with Gasteiger partial charge in [-0.2, -0.15) is 0 Å². The molecule has 4 heteroatoms. The molecule has 0 aliphatic carbocycles. The van der Waals surface area contributed by atoms with Gasteiger partial charge in [0, 0.05) is 17.3 Å². The fraction of sp³-hybridized carbons (Fsp3) is 0.562. The van der Waals surface area contributed by atoms with Crippen LogP contribution in [-0.4, -0.2) is 12.5 Å². The van der Waals surface area contributed by atoms with Crippen LogP contribution < -0.4 is 11.1 Å². The quantitative estimate of drug-likeness (QED) is 0.583. The van der Waals surface area contributed by atoms with E-state index < -0.39 is 0 Å². The number of rotatable bonds is 7. The van der Waals surface area contributed by atoms with Gasteiger partial charge < -0.3 is 11.1 Å². The molecule has 0 radical (unpaired) electrons. The first-order valence-electron chi connectivity index (χ1n) is 7.19. The van der Waals surface area contributed by atoms with E-state index in [0.717, 1.165) is 6.42 Å².